The second kappa shape index (κ2) is 7.28. The second-order valence-electron chi connectivity index (χ2n) is 6.86. The lowest BCUT2D eigenvalue weighted by molar-refractivity contribution is 0.0515. The molecule has 7 heteroatoms. The fraction of sp³-hybridized carbons (Fsp3) is 0.190. The molecule has 0 saturated heterocycles. The molecule has 2 aromatic heterocycles. The number of fused-ring (bicyclic) bond motifs is 1. The van der Waals surface area contributed by atoms with Gasteiger partial charge in [0.05, 0.1) is 17.5 Å². The Morgan fingerprint density at radius 3 is 2.50 bits per heavy atom. The maximum absolute atomic E-state index is 12.4. The van der Waals surface area contributed by atoms with Gasteiger partial charge in [0.25, 0.3) is 5.56 Å². The van der Waals surface area contributed by atoms with Crippen molar-refractivity contribution < 1.29 is 5.11 Å². The third-order valence-electron chi connectivity index (χ3n) is 4.74. The molecule has 4 aromatic rings. The molecule has 7 nitrogen and oxygen atoms in total. The summed E-state index contributed by atoms with van der Waals surface area (Å²) >= 11 is 0. The number of aromatic nitrogens is 4. The minimum absolute atomic E-state index is 0.260. The van der Waals surface area contributed by atoms with E-state index in [2.05, 4.69) is 20.4 Å². The molecule has 3 N–H and O–H groups in total. The van der Waals surface area contributed by atoms with Crippen LogP contribution in [-0.2, 0) is 5.60 Å². The Balaban J connectivity index is 1.56. The predicted octanol–water partition coefficient (Wildman–Crippen LogP) is 2.82. The molecule has 0 aliphatic heterocycles. The Bertz CT molecular complexity index is 1130. The van der Waals surface area contributed by atoms with Gasteiger partial charge in [0.1, 0.15) is 5.39 Å². The number of hydrogen-bond donors (Lipinski definition) is 3. The van der Waals surface area contributed by atoms with Crippen molar-refractivity contribution in [2.24, 2.45) is 0 Å². The molecule has 142 valence electrons. The van der Waals surface area contributed by atoms with Gasteiger partial charge >= 0.3 is 0 Å². The molecule has 0 aliphatic rings. The van der Waals surface area contributed by atoms with Gasteiger partial charge in [-0.05, 0) is 31.0 Å². The van der Waals surface area contributed by atoms with Crippen LogP contribution in [0.2, 0.25) is 0 Å². The molecule has 2 aromatic carbocycles. The molecule has 0 aliphatic carbocycles. The summed E-state index contributed by atoms with van der Waals surface area (Å²) in [5, 5.41) is 18.5. The zero-order valence-electron chi connectivity index (χ0n) is 15.5. The van der Waals surface area contributed by atoms with E-state index in [0.29, 0.717) is 29.9 Å². The fourth-order valence-electron chi connectivity index (χ4n) is 3.13. The van der Waals surface area contributed by atoms with Gasteiger partial charge in [-0.2, -0.15) is 10.1 Å². The Morgan fingerprint density at radius 2 is 1.79 bits per heavy atom. The van der Waals surface area contributed by atoms with Crippen molar-refractivity contribution in [1.29, 1.82) is 0 Å². The van der Waals surface area contributed by atoms with Gasteiger partial charge in [0.2, 0.25) is 5.95 Å². The first kappa shape index (κ1) is 17.9. The number of aromatic amines is 1. The van der Waals surface area contributed by atoms with Gasteiger partial charge < -0.3 is 10.4 Å². The summed E-state index contributed by atoms with van der Waals surface area (Å²) in [7, 11) is 0. The molecule has 0 fully saturated rings. The van der Waals surface area contributed by atoms with E-state index < -0.39 is 5.60 Å². The van der Waals surface area contributed by atoms with Crippen LogP contribution in [0, 0.1) is 0 Å². The number of benzene rings is 2. The smallest absolute Gasteiger partial charge is 0.263 e. The Kier molecular flexibility index (Phi) is 4.67. The minimum Gasteiger partial charge on any atom is -0.385 e. The molecule has 0 radical (unpaired) electrons. The van der Waals surface area contributed by atoms with Crippen molar-refractivity contribution in [2.45, 2.75) is 18.9 Å². The molecule has 4 rings (SSSR count). The van der Waals surface area contributed by atoms with Gasteiger partial charge in [0.15, 0.2) is 5.65 Å². The first-order valence-electron chi connectivity index (χ1n) is 9.10. The monoisotopic (exact) mass is 375 g/mol. The van der Waals surface area contributed by atoms with E-state index in [1.54, 1.807) is 11.6 Å². The molecule has 0 spiro atoms. The molecule has 2 heterocycles. The first-order valence-corrected chi connectivity index (χ1v) is 9.10. The molecular weight excluding hydrogens is 354 g/mol. The van der Waals surface area contributed by atoms with Crippen LogP contribution in [0.1, 0.15) is 18.9 Å². The highest BCUT2D eigenvalue weighted by molar-refractivity contribution is 5.76. The van der Waals surface area contributed by atoms with Crippen LogP contribution in [-0.4, -0.2) is 31.4 Å². The van der Waals surface area contributed by atoms with Gasteiger partial charge in [0, 0.05) is 6.54 Å². The van der Waals surface area contributed by atoms with Crippen molar-refractivity contribution in [3.05, 3.63) is 82.8 Å². The van der Waals surface area contributed by atoms with E-state index in [1.165, 1.54) is 6.20 Å². The van der Waals surface area contributed by atoms with Crippen molar-refractivity contribution in [3.8, 4) is 5.69 Å². The number of nitrogens with zero attached hydrogens (tertiary/aromatic N) is 3. The Hall–Kier alpha value is -3.45. The lowest BCUT2D eigenvalue weighted by atomic mass is 9.93. The average Bonchev–Trinajstić information content (AvgIpc) is 3.14. The summed E-state index contributed by atoms with van der Waals surface area (Å²) in [5.41, 5.74) is 0.908. The van der Waals surface area contributed by atoms with Crippen LogP contribution in [0.5, 0.6) is 0 Å². The van der Waals surface area contributed by atoms with E-state index >= 15 is 0 Å². The van der Waals surface area contributed by atoms with Crippen LogP contribution in [0.4, 0.5) is 5.95 Å². The number of hydrogen-bond acceptors (Lipinski definition) is 5. The summed E-state index contributed by atoms with van der Waals surface area (Å²) in [6, 6.07) is 19.0. The molecule has 28 heavy (non-hydrogen) atoms. The lowest BCUT2D eigenvalue weighted by Gasteiger charge is -2.24. The van der Waals surface area contributed by atoms with Crippen LogP contribution >= 0.6 is 0 Å². The summed E-state index contributed by atoms with van der Waals surface area (Å²) < 4.78 is 1.63. The topological polar surface area (TPSA) is 95.8 Å². The third-order valence-corrected chi connectivity index (χ3v) is 4.74. The highest BCUT2D eigenvalue weighted by Crippen LogP contribution is 2.24. The zero-order valence-corrected chi connectivity index (χ0v) is 15.5. The van der Waals surface area contributed by atoms with E-state index in [9.17, 15) is 9.90 Å². The van der Waals surface area contributed by atoms with E-state index in [1.807, 2.05) is 60.7 Å². The largest absolute Gasteiger partial charge is 0.385 e. The van der Waals surface area contributed by atoms with Crippen LogP contribution in [0.25, 0.3) is 16.7 Å². The number of nitrogens with one attached hydrogen (secondary N) is 2. The van der Waals surface area contributed by atoms with E-state index in [0.717, 1.165) is 11.3 Å². The van der Waals surface area contributed by atoms with Crippen molar-refractivity contribution in [1.82, 2.24) is 19.7 Å². The van der Waals surface area contributed by atoms with E-state index in [-0.39, 0.29) is 5.56 Å². The molecule has 0 amide bonds. The van der Waals surface area contributed by atoms with Gasteiger partial charge in [-0.3, -0.25) is 9.78 Å². The number of aliphatic hydroxyl groups is 1. The SMILES string of the molecule is CC(O)(CCNc1nc2c(cnn2-c2ccccc2)c(=O)[nH]1)c1ccccc1. The number of para-hydroxylation sites is 1. The molecular formula is C21H21N5O2. The van der Waals surface area contributed by atoms with Crippen molar-refractivity contribution >= 4 is 17.0 Å². The quantitative estimate of drug-likeness (QED) is 0.482. The van der Waals surface area contributed by atoms with Crippen LogP contribution < -0.4 is 10.9 Å². The van der Waals surface area contributed by atoms with Crippen LogP contribution in [0.3, 0.4) is 0 Å². The Morgan fingerprint density at radius 1 is 1.11 bits per heavy atom. The molecule has 1 unspecified atom stereocenters. The standard InChI is InChI=1S/C21H21N5O2/c1-21(28,15-8-4-2-5-9-15)12-13-22-20-24-18-17(19(27)25-20)14-23-26(18)16-10-6-3-7-11-16/h2-11,14,28H,12-13H2,1H3,(H2,22,24,25,27). The van der Waals surface area contributed by atoms with Crippen molar-refractivity contribution in [3.63, 3.8) is 0 Å². The molecule has 1 atom stereocenters. The maximum atomic E-state index is 12.4. The second-order valence-corrected chi connectivity index (χ2v) is 6.86. The Labute approximate surface area is 161 Å². The summed E-state index contributed by atoms with van der Waals surface area (Å²) in [4.78, 5) is 19.6. The number of rotatable bonds is 6. The maximum Gasteiger partial charge on any atom is 0.263 e. The normalized spacial score (nSPS) is 13.4. The average molecular weight is 375 g/mol. The lowest BCUT2D eigenvalue weighted by Crippen LogP contribution is -2.25. The van der Waals surface area contributed by atoms with E-state index in [4.69, 9.17) is 0 Å². The van der Waals surface area contributed by atoms with Crippen molar-refractivity contribution in [2.75, 3.05) is 11.9 Å². The third kappa shape index (κ3) is 3.52. The zero-order chi connectivity index (χ0) is 19.6. The highest BCUT2D eigenvalue weighted by Gasteiger charge is 2.22. The van der Waals surface area contributed by atoms with Gasteiger partial charge in [-0.1, -0.05) is 48.5 Å². The number of anilines is 1. The van der Waals surface area contributed by atoms with Gasteiger partial charge in [-0.15, -0.1) is 0 Å². The predicted molar refractivity (Wildman–Crippen MR) is 109 cm³/mol. The van der Waals surface area contributed by atoms with Gasteiger partial charge in [-0.25, -0.2) is 4.68 Å². The molecule has 0 bridgehead atoms. The summed E-state index contributed by atoms with van der Waals surface area (Å²) in [5.74, 6) is 0.346. The summed E-state index contributed by atoms with van der Waals surface area (Å²) in [6.07, 6.45) is 1.97. The first-order chi connectivity index (χ1) is 13.5. The molecule has 0 saturated carbocycles. The minimum atomic E-state index is -0.982. The number of H-pyrrole nitrogens is 1. The van der Waals surface area contributed by atoms with Crippen LogP contribution in [0.15, 0.2) is 71.7 Å². The highest BCUT2D eigenvalue weighted by atomic mass is 16.3. The summed E-state index contributed by atoms with van der Waals surface area (Å²) in [6.45, 7) is 2.21. The fourth-order valence-corrected chi connectivity index (χ4v) is 3.13.